The minimum absolute atomic E-state index is 0.660. The first kappa shape index (κ1) is 16.0. The van der Waals surface area contributed by atoms with E-state index in [0.717, 1.165) is 43.1 Å². The van der Waals surface area contributed by atoms with Crippen molar-refractivity contribution in [3.8, 4) is 5.75 Å². The molecule has 0 fully saturated rings. The number of unbranched alkanes of at least 4 members (excludes halogenated alkanes) is 2. The fourth-order valence-electron chi connectivity index (χ4n) is 1.86. The summed E-state index contributed by atoms with van der Waals surface area (Å²) in [6.45, 7) is 11.3. The van der Waals surface area contributed by atoms with Crippen LogP contribution in [0.1, 0.15) is 51.3 Å². The van der Waals surface area contributed by atoms with E-state index in [4.69, 9.17) is 4.74 Å². The van der Waals surface area contributed by atoms with Crippen molar-refractivity contribution in [2.45, 2.75) is 53.5 Å². The van der Waals surface area contributed by atoms with Gasteiger partial charge in [0.05, 0.1) is 6.61 Å². The highest BCUT2D eigenvalue weighted by Gasteiger charge is 2.05. The molecule has 0 spiro atoms. The second-order valence-corrected chi connectivity index (χ2v) is 5.51. The van der Waals surface area contributed by atoms with Gasteiger partial charge in [-0.05, 0) is 25.8 Å². The average Bonchev–Trinajstić information content (AvgIpc) is 2.36. The van der Waals surface area contributed by atoms with Crippen LogP contribution in [0.15, 0.2) is 12.3 Å². The molecular formula is C16H28N2O. The van der Waals surface area contributed by atoms with E-state index in [-0.39, 0.29) is 0 Å². The summed E-state index contributed by atoms with van der Waals surface area (Å²) in [7, 11) is 0. The van der Waals surface area contributed by atoms with Crippen LogP contribution in [0, 0.1) is 12.8 Å². The standard InChI is InChI=1S/C16H28N2O/c1-5-6-7-8-19-16-9-14(4)18-12-15(16)11-17-10-13(2)3/h9,12-13,17H,5-8,10-11H2,1-4H3. The second kappa shape index (κ2) is 8.92. The topological polar surface area (TPSA) is 34.1 Å². The lowest BCUT2D eigenvalue weighted by molar-refractivity contribution is 0.301. The van der Waals surface area contributed by atoms with Crippen LogP contribution >= 0.6 is 0 Å². The van der Waals surface area contributed by atoms with Crippen LogP contribution in [-0.2, 0) is 6.54 Å². The van der Waals surface area contributed by atoms with E-state index in [1.807, 2.05) is 19.2 Å². The predicted molar refractivity (Wildman–Crippen MR) is 80.5 cm³/mol. The molecule has 0 aliphatic heterocycles. The third-order valence-electron chi connectivity index (χ3n) is 2.95. The summed E-state index contributed by atoms with van der Waals surface area (Å²) in [5.41, 5.74) is 2.17. The molecule has 1 aromatic rings. The number of nitrogens with one attached hydrogen (secondary N) is 1. The van der Waals surface area contributed by atoms with Gasteiger partial charge in [0.15, 0.2) is 0 Å². The van der Waals surface area contributed by atoms with Gasteiger partial charge in [-0.2, -0.15) is 0 Å². The Morgan fingerprint density at radius 1 is 1.32 bits per heavy atom. The third-order valence-corrected chi connectivity index (χ3v) is 2.95. The van der Waals surface area contributed by atoms with E-state index in [9.17, 15) is 0 Å². The summed E-state index contributed by atoms with van der Waals surface area (Å²) in [5.74, 6) is 1.65. The summed E-state index contributed by atoms with van der Waals surface area (Å²) >= 11 is 0. The van der Waals surface area contributed by atoms with Gasteiger partial charge in [0.25, 0.3) is 0 Å². The van der Waals surface area contributed by atoms with Gasteiger partial charge >= 0.3 is 0 Å². The smallest absolute Gasteiger partial charge is 0.127 e. The van der Waals surface area contributed by atoms with Crippen LogP contribution in [0.2, 0.25) is 0 Å². The minimum atomic E-state index is 0.660. The summed E-state index contributed by atoms with van der Waals surface area (Å²) in [4.78, 5) is 4.36. The molecule has 0 atom stereocenters. The van der Waals surface area contributed by atoms with Crippen molar-refractivity contribution in [3.63, 3.8) is 0 Å². The molecule has 3 heteroatoms. The molecule has 108 valence electrons. The lowest BCUT2D eigenvalue weighted by Gasteiger charge is -2.13. The van der Waals surface area contributed by atoms with Crippen molar-refractivity contribution >= 4 is 0 Å². The van der Waals surface area contributed by atoms with Crippen LogP contribution in [0.3, 0.4) is 0 Å². The van der Waals surface area contributed by atoms with E-state index in [0.29, 0.717) is 5.92 Å². The summed E-state index contributed by atoms with van der Waals surface area (Å²) in [6, 6.07) is 2.04. The van der Waals surface area contributed by atoms with Crippen LogP contribution in [0.25, 0.3) is 0 Å². The normalized spacial score (nSPS) is 11.0. The largest absolute Gasteiger partial charge is 0.493 e. The molecule has 0 amide bonds. The highest BCUT2D eigenvalue weighted by Crippen LogP contribution is 2.19. The maximum atomic E-state index is 5.90. The maximum Gasteiger partial charge on any atom is 0.127 e. The highest BCUT2D eigenvalue weighted by molar-refractivity contribution is 5.32. The number of rotatable bonds is 9. The Balaban J connectivity index is 2.53. The molecule has 0 unspecified atom stereocenters. The van der Waals surface area contributed by atoms with Gasteiger partial charge in [-0.25, -0.2) is 0 Å². The van der Waals surface area contributed by atoms with Crippen LogP contribution in [0.4, 0.5) is 0 Å². The van der Waals surface area contributed by atoms with E-state index in [2.05, 4.69) is 31.1 Å². The monoisotopic (exact) mass is 264 g/mol. The Labute approximate surface area is 117 Å². The second-order valence-electron chi connectivity index (χ2n) is 5.51. The first-order valence-corrected chi connectivity index (χ1v) is 7.42. The molecule has 0 aliphatic rings. The quantitative estimate of drug-likeness (QED) is 0.690. The summed E-state index contributed by atoms with van der Waals surface area (Å²) in [6.07, 6.45) is 5.50. The molecule has 0 saturated heterocycles. The molecule has 0 aliphatic carbocycles. The van der Waals surface area contributed by atoms with Crippen molar-refractivity contribution < 1.29 is 4.74 Å². The average molecular weight is 264 g/mol. The van der Waals surface area contributed by atoms with Crippen molar-refractivity contribution in [1.29, 1.82) is 0 Å². The number of hydrogen-bond donors (Lipinski definition) is 1. The molecule has 0 bridgehead atoms. The van der Waals surface area contributed by atoms with Crippen molar-refractivity contribution in [1.82, 2.24) is 10.3 Å². The fraction of sp³-hybridized carbons (Fsp3) is 0.688. The number of hydrogen-bond acceptors (Lipinski definition) is 3. The molecule has 0 aromatic carbocycles. The Bertz CT molecular complexity index is 364. The van der Waals surface area contributed by atoms with E-state index in [1.54, 1.807) is 0 Å². The lowest BCUT2D eigenvalue weighted by Crippen LogP contribution is -2.19. The summed E-state index contributed by atoms with van der Waals surface area (Å²) in [5, 5.41) is 3.44. The number of pyridine rings is 1. The molecule has 0 radical (unpaired) electrons. The van der Waals surface area contributed by atoms with Gasteiger partial charge in [-0.1, -0.05) is 33.6 Å². The number of aromatic nitrogens is 1. The van der Waals surface area contributed by atoms with Crippen LogP contribution in [-0.4, -0.2) is 18.1 Å². The van der Waals surface area contributed by atoms with Gasteiger partial charge in [0.2, 0.25) is 0 Å². The molecule has 3 nitrogen and oxygen atoms in total. The van der Waals surface area contributed by atoms with Crippen LogP contribution in [0.5, 0.6) is 5.75 Å². The van der Waals surface area contributed by atoms with Crippen molar-refractivity contribution in [3.05, 3.63) is 23.5 Å². The summed E-state index contributed by atoms with van der Waals surface area (Å²) < 4.78 is 5.90. The fourth-order valence-corrected chi connectivity index (χ4v) is 1.86. The Kier molecular flexibility index (Phi) is 7.49. The third kappa shape index (κ3) is 6.58. The molecule has 1 heterocycles. The molecule has 19 heavy (non-hydrogen) atoms. The molecule has 0 saturated carbocycles. The maximum absolute atomic E-state index is 5.90. The Morgan fingerprint density at radius 3 is 2.79 bits per heavy atom. The van der Waals surface area contributed by atoms with E-state index < -0.39 is 0 Å². The SMILES string of the molecule is CCCCCOc1cc(C)ncc1CNCC(C)C. The zero-order valence-electron chi connectivity index (χ0n) is 12.8. The van der Waals surface area contributed by atoms with Gasteiger partial charge in [0, 0.05) is 30.1 Å². The number of nitrogens with zero attached hydrogens (tertiary/aromatic N) is 1. The van der Waals surface area contributed by atoms with Gasteiger partial charge in [-0.15, -0.1) is 0 Å². The number of aryl methyl sites for hydroxylation is 1. The first-order chi connectivity index (χ1) is 9.13. The highest BCUT2D eigenvalue weighted by atomic mass is 16.5. The molecule has 1 N–H and O–H groups in total. The lowest BCUT2D eigenvalue weighted by atomic mass is 10.2. The predicted octanol–water partition coefficient (Wildman–Crippen LogP) is 3.70. The van der Waals surface area contributed by atoms with Gasteiger partial charge in [-0.3, -0.25) is 4.98 Å². The van der Waals surface area contributed by atoms with E-state index >= 15 is 0 Å². The molecule has 1 rings (SSSR count). The Hall–Kier alpha value is -1.09. The zero-order chi connectivity index (χ0) is 14.1. The van der Waals surface area contributed by atoms with Gasteiger partial charge < -0.3 is 10.1 Å². The first-order valence-electron chi connectivity index (χ1n) is 7.42. The van der Waals surface area contributed by atoms with Crippen molar-refractivity contribution in [2.75, 3.05) is 13.2 Å². The molecular weight excluding hydrogens is 236 g/mol. The molecule has 1 aromatic heterocycles. The minimum Gasteiger partial charge on any atom is -0.493 e. The van der Waals surface area contributed by atoms with Crippen LogP contribution < -0.4 is 10.1 Å². The zero-order valence-corrected chi connectivity index (χ0v) is 12.8. The van der Waals surface area contributed by atoms with Crippen molar-refractivity contribution in [2.24, 2.45) is 5.92 Å². The van der Waals surface area contributed by atoms with E-state index in [1.165, 1.54) is 12.8 Å². The number of ether oxygens (including phenoxy) is 1. The van der Waals surface area contributed by atoms with Gasteiger partial charge in [0.1, 0.15) is 5.75 Å². The Morgan fingerprint density at radius 2 is 2.11 bits per heavy atom.